The van der Waals surface area contributed by atoms with Crippen LogP contribution in [0.15, 0.2) is 14.7 Å². The lowest BCUT2D eigenvalue weighted by atomic mass is 10.1. The molecule has 0 aliphatic heterocycles. The predicted molar refractivity (Wildman–Crippen MR) is 88.6 cm³/mol. The normalized spacial score (nSPS) is 13.0. The first kappa shape index (κ1) is 18.3. The standard InChI is InChI=1S/C14H17N7O4/c1-3-4-7-21-9-11(20(2)14(25)18-13(9)24)17-12(21)10(23)8(22)5-6-16-19-15/h8,10,22-23H,5-7H2,1-2H3,(H,18,24,25). The quantitative estimate of drug-likeness (QED) is 0.278. The van der Waals surface area contributed by atoms with Crippen molar-refractivity contribution >= 4 is 11.2 Å². The number of rotatable bonds is 6. The number of azide groups is 1. The van der Waals surface area contributed by atoms with E-state index in [0.717, 1.165) is 4.57 Å². The van der Waals surface area contributed by atoms with Crippen LogP contribution in [0.1, 0.15) is 25.3 Å². The van der Waals surface area contributed by atoms with Crippen molar-refractivity contribution in [1.82, 2.24) is 19.1 Å². The van der Waals surface area contributed by atoms with E-state index >= 15 is 0 Å². The summed E-state index contributed by atoms with van der Waals surface area (Å²) < 4.78 is 2.49. The average Bonchev–Trinajstić information content (AvgIpc) is 2.97. The van der Waals surface area contributed by atoms with Crippen LogP contribution in [0.2, 0.25) is 0 Å². The molecule has 0 saturated carbocycles. The monoisotopic (exact) mass is 347 g/mol. The molecule has 2 heterocycles. The second-order valence-corrected chi connectivity index (χ2v) is 5.23. The highest BCUT2D eigenvalue weighted by molar-refractivity contribution is 5.71. The number of hydrogen-bond acceptors (Lipinski definition) is 6. The van der Waals surface area contributed by atoms with Crippen LogP contribution in [0.3, 0.4) is 0 Å². The van der Waals surface area contributed by atoms with Gasteiger partial charge in [0.15, 0.2) is 11.2 Å². The highest BCUT2D eigenvalue weighted by atomic mass is 16.3. The fourth-order valence-corrected chi connectivity index (χ4v) is 2.36. The summed E-state index contributed by atoms with van der Waals surface area (Å²) in [7, 11) is 1.43. The summed E-state index contributed by atoms with van der Waals surface area (Å²) in [6.45, 7) is 1.65. The molecule has 0 amide bonds. The van der Waals surface area contributed by atoms with Gasteiger partial charge in [0, 0.05) is 18.5 Å². The molecule has 2 aromatic rings. The van der Waals surface area contributed by atoms with Gasteiger partial charge in [0.05, 0.1) is 12.6 Å². The van der Waals surface area contributed by atoms with Crippen molar-refractivity contribution < 1.29 is 10.2 Å². The topological polar surface area (TPSA) is 162 Å². The minimum atomic E-state index is -1.45. The van der Waals surface area contributed by atoms with Crippen LogP contribution in [0, 0.1) is 11.8 Å². The van der Waals surface area contributed by atoms with Crippen LogP contribution in [-0.4, -0.2) is 42.0 Å². The first-order chi connectivity index (χ1) is 11.9. The first-order valence-electron chi connectivity index (χ1n) is 7.38. The Bertz CT molecular complexity index is 1000. The molecule has 0 fully saturated rings. The number of hydrogen-bond donors (Lipinski definition) is 3. The summed E-state index contributed by atoms with van der Waals surface area (Å²) in [5.41, 5.74) is 7.11. The van der Waals surface area contributed by atoms with Gasteiger partial charge in [0.25, 0.3) is 5.56 Å². The zero-order chi connectivity index (χ0) is 18.6. The summed E-state index contributed by atoms with van der Waals surface area (Å²) in [6, 6.07) is 0. The lowest BCUT2D eigenvalue weighted by Gasteiger charge is -2.17. The van der Waals surface area contributed by atoms with Gasteiger partial charge >= 0.3 is 5.69 Å². The van der Waals surface area contributed by atoms with E-state index in [1.54, 1.807) is 6.92 Å². The van der Waals surface area contributed by atoms with Crippen molar-refractivity contribution in [2.24, 2.45) is 12.2 Å². The Morgan fingerprint density at radius 1 is 1.44 bits per heavy atom. The maximum atomic E-state index is 12.2. The largest absolute Gasteiger partial charge is 0.390 e. The summed E-state index contributed by atoms with van der Waals surface area (Å²) in [5.74, 6) is 5.44. The number of imidazole rings is 1. The van der Waals surface area contributed by atoms with Gasteiger partial charge in [-0.25, -0.2) is 9.78 Å². The van der Waals surface area contributed by atoms with Crippen LogP contribution < -0.4 is 11.2 Å². The number of aromatic nitrogens is 4. The Labute approximate surface area is 141 Å². The maximum absolute atomic E-state index is 12.2. The van der Waals surface area contributed by atoms with Gasteiger partial charge < -0.3 is 14.8 Å². The minimum Gasteiger partial charge on any atom is -0.390 e. The van der Waals surface area contributed by atoms with E-state index < -0.39 is 23.5 Å². The van der Waals surface area contributed by atoms with Crippen molar-refractivity contribution in [1.29, 1.82) is 0 Å². The molecule has 2 rings (SSSR count). The van der Waals surface area contributed by atoms with Gasteiger partial charge in [-0.05, 0) is 18.9 Å². The van der Waals surface area contributed by atoms with E-state index in [1.165, 1.54) is 11.6 Å². The number of aliphatic hydroxyl groups is 2. The molecule has 25 heavy (non-hydrogen) atoms. The third-order valence-electron chi connectivity index (χ3n) is 3.67. The molecular formula is C14H17N7O4. The molecule has 132 valence electrons. The smallest absolute Gasteiger partial charge is 0.329 e. The molecule has 2 atom stereocenters. The van der Waals surface area contributed by atoms with E-state index in [0.29, 0.717) is 0 Å². The Balaban J connectivity index is 2.61. The summed E-state index contributed by atoms with van der Waals surface area (Å²) in [4.78, 5) is 32.8. The second-order valence-electron chi connectivity index (χ2n) is 5.23. The zero-order valence-electron chi connectivity index (χ0n) is 13.7. The number of aryl methyl sites for hydroxylation is 1. The Morgan fingerprint density at radius 2 is 2.16 bits per heavy atom. The lowest BCUT2D eigenvalue weighted by molar-refractivity contribution is 0.00828. The van der Waals surface area contributed by atoms with Crippen molar-refractivity contribution in [3.05, 3.63) is 37.1 Å². The van der Waals surface area contributed by atoms with Gasteiger partial charge in [0.1, 0.15) is 11.9 Å². The van der Waals surface area contributed by atoms with Crippen molar-refractivity contribution in [3.8, 4) is 11.8 Å². The van der Waals surface area contributed by atoms with Gasteiger partial charge in [-0.15, -0.1) is 5.92 Å². The molecule has 0 radical (unpaired) electrons. The number of aliphatic hydroxyl groups excluding tert-OH is 2. The van der Waals surface area contributed by atoms with Gasteiger partial charge in [-0.2, -0.15) is 0 Å². The molecule has 0 aliphatic rings. The van der Waals surface area contributed by atoms with Crippen LogP contribution in [0.5, 0.6) is 0 Å². The first-order valence-corrected chi connectivity index (χ1v) is 7.38. The molecule has 11 heteroatoms. The number of fused-ring (bicyclic) bond motifs is 1. The summed E-state index contributed by atoms with van der Waals surface area (Å²) in [6.07, 6.45) is -2.72. The SMILES string of the molecule is CC#CCn1c(C(O)C(O)CCN=[N+]=[N-])nc2c1c(=O)[nH]c(=O)n2C. The maximum Gasteiger partial charge on any atom is 0.329 e. The highest BCUT2D eigenvalue weighted by Crippen LogP contribution is 2.21. The van der Waals surface area contributed by atoms with E-state index in [-0.39, 0.29) is 36.5 Å². The molecule has 0 bridgehead atoms. The third-order valence-corrected chi connectivity index (χ3v) is 3.67. The van der Waals surface area contributed by atoms with Crippen LogP contribution in [-0.2, 0) is 13.6 Å². The van der Waals surface area contributed by atoms with E-state index in [2.05, 4.69) is 31.8 Å². The third kappa shape index (κ3) is 3.56. The molecule has 11 nitrogen and oxygen atoms in total. The Hall–Kier alpha value is -3.06. The van der Waals surface area contributed by atoms with Gasteiger partial charge in [-0.3, -0.25) is 14.3 Å². The van der Waals surface area contributed by atoms with Crippen LogP contribution in [0.4, 0.5) is 0 Å². The zero-order valence-corrected chi connectivity index (χ0v) is 13.7. The molecule has 0 aromatic carbocycles. The van der Waals surface area contributed by atoms with Gasteiger partial charge in [-0.1, -0.05) is 11.0 Å². The molecule has 2 unspecified atom stereocenters. The molecule has 0 saturated heterocycles. The minimum absolute atomic E-state index is 0.00196. The second kappa shape index (κ2) is 7.67. The average molecular weight is 347 g/mol. The van der Waals surface area contributed by atoms with Crippen molar-refractivity contribution in [3.63, 3.8) is 0 Å². The van der Waals surface area contributed by atoms with Crippen molar-refractivity contribution in [2.45, 2.75) is 32.1 Å². The highest BCUT2D eigenvalue weighted by Gasteiger charge is 2.26. The molecule has 3 N–H and O–H groups in total. The van der Waals surface area contributed by atoms with Crippen LogP contribution in [0.25, 0.3) is 21.6 Å². The van der Waals surface area contributed by atoms with Crippen LogP contribution >= 0.6 is 0 Å². The van der Waals surface area contributed by atoms with E-state index in [4.69, 9.17) is 5.53 Å². The fraction of sp³-hybridized carbons (Fsp3) is 0.500. The molecule has 2 aromatic heterocycles. The lowest BCUT2D eigenvalue weighted by Crippen LogP contribution is -2.29. The number of H-pyrrole nitrogens is 1. The predicted octanol–water partition coefficient (Wildman–Crippen LogP) is -0.459. The number of aromatic amines is 1. The Kier molecular flexibility index (Phi) is 5.61. The number of nitrogens with one attached hydrogen (secondary N) is 1. The number of nitrogens with zero attached hydrogens (tertiary/aromatic N) is 6. The molecule has 0 spiro atoms. The molecule has 0 aliphatic carbocycles. The summed E-state index contributed by atoms with van der Waals surface area (Å²) in [5, 5.41) is 23.8. The molecular weight excluding hydrogens is 330 g/mol. The summed E-state index contributed by atoms with van der Waals surface area (Å²) >= 11 is 0. The van der Waals surface area contributed by atoms with Gasteiger partial charge in [0.2, 0.25) is 0 Å². The Morgan fingerprint density at radius 3 is 2.80 bits per heavy atom. The van der Waals surface area contributed by atoms with Crippen molar-refractivity contribution in [2.75, 3.05) is 6.54 Å². The fourth-order valence-electron chi connectivity index (χ4n) is 2.36. The van der Waals surface area contributed by atoms with E-state index in [1.807, 2.05) is 0 Å². The van der Waals surface area contributed by atoms with E-state index in [9.17, 15) is 19.8 Å².